The van der Waals surface area contributed by atoms with Gasteiger partial charge in [-0.1, -0.05) is 0 Å². The topological polar surface area (TPSA) is 70.9 Å². The Labute approximate surface area is 100 Å². The third-order valence-corrected chi connectivity index (χ3v) is 2.93. The predicted octanol–water partition coefficient (Wildman–Crippen LogP) is 1.04. The highest BCUT2D eigenvalue weighted by Crippen LogP contribution is 2.28. The van der Waals surface area contributed by atoms with Crippen LogP contribution in [0.1, 0.15) is 19.5 Å². The molecule has 0 amide bonds. The number of nitrogens with zero attached hydrogens (tertiary/aromatic N) is 4. The molecule has 0 unspecified atom stereocenters. The summed E-state index contributed by atoms with van der Waals surface area (Å²) in [6.45, 7) is 6.63. The Bertz CT molecular complexity index is 552. The van der Waals surface area contributed by atoms with Crippen molar-refractivity contribution in [2.24, 2.45) is 7.05 Å². The van der Waals surface area contributed by atoms with Crippen molar-refractivity contribution in [1.29, 1.82) is 0 Å². The van der Waals surface area contributed by atoms with Crippen molar-refractivity contribution in [3.05, 3.63) is 5.69 Å². The van der Waals surface area contributed by atoms with Crippen molar-refractivity contribution in [2.75, 3.05) is 19.5 Å². The number of hydrogen-bond acceptors (Lipinski definition) is 4. The summed E-state index contributed by atoms with van der Waals surface area (Å²) in [6, 6.07) is 0. The maximum atomic E-state index is 6.01. The summed E-state index contributed by atoms with van der Waals surface area (Å²) in [7, 11) is 3.58. The van der Waals surface area contributed by atoms with E-state index in [1.165, 1.54) is 0 Å². The SMILES string of the molecule is COCC(C)(C)n1c(N)nc2c(C)nn(C)c21. The highest BCUT2D eigenvalue weighted by atomic mass is 16.5. The van der Waals surface area contributed by atoms with Crippen molar-refractivity contribution in [1.82, 2.24) is 19.3 Å². The van der Waals surface area contributed by atoms with Gasteiger partial charge < -0.3 is 10.5 Å². The molecule has 0 saturated carbocycles. The number of fused-ring (bicyclic) bond motifs is 1. The first-order valence-corrected chi connectivity index (χ1v) is 5.55. The summed E-state index contributed by atoms with van der Waals surface area (Å²) in [5.41, 5.74) is 8.43. The van der Waals surface area contributed by atoms with Crippen molar-refractivity contribution >= 4 is 17.1 Å². The van der Waals surface area contributed by atoms with Gasteiger partial charge in [-0.2, -0.15) is 5.10 Å². The van der Waals surface area contributed by atoms with E-state index >= 15 is 0 Å². The van der Waals surface area contributed by atoms with E-state index in [1.54, 1.807) is 7.11 Å². The quantitative estimate of drug-likeness (QED) is 0.866. The number of imidazole rings is 1. The second-order valence-electron chi connectivity index (χ2n) is 4.93. The van der Waals surface area contributed by atoms with Crippen LogP contribution in [0.2, 0.25) is 0 Å². The molecule has 2 rings (SSSR count). The van der Waals surface area contributed by atoms with Gasteiger partial charge in [0, 0.05) is 14.2 Å². The monoisotopic (exact) mass is 237 g/mol. The molecule has 6 heteroatoms. The third kappa shape index (κ3) is 1.68. The van der Waals surface area contributed by atoms with Crippen LogP contribution in [-0.4, -0.2) is 33.0 Å². The number of nitrogens with two attached hydrogens (primary N) is 1. The number of methoxy groups -OCH3 is 1. The van der Waals surface area contributed by atoms with Crippen LogP contribution in [0.4, 0.5) is 5.95 Å². The number of aromatic nitrogens is 4. The van der Waals surface area contributed by atoms with Crippen LogP contribution in [0, 0.1) is 6.92 Å². The summed E-state index contributed by atoms with van der Waals surface area (Å²) in [4.78, 5) is 4.38. The maximum Gasteiger partial charge on any atom is 0.203 e. The van der Waals surface area contributed by atoms with Gasteiger partial charge in [0.15, 0.2) is 5.65 Å². The molecular weight excluding hydrogens is 218 g/mol. The number of hydrogen-bond donors (Lipinski definition) is 1. The van der Waals surface area contributed by atoms with Crippen molar-refractivity contribution in [3.63, 3.8) is 0 Å². The minimum atomic E-state index is -0.256. The number of rotatable bonds is 3. The average molecular weight is 237 g/mol. The van der Waals surface area contributed by atoms with Crippen LogP contribution in [0.3, 0.4) is 0 Å². The lowest BCUT2D eigenvalue weighted by atomic mass is 10.1. The van der Waals surface area contributed by atoms with E-state index in [4.69, 9.17) is 10.5 Å². The Morgan fingerprint density at radius 1 is 1.41 bits per heavy atom. The van der Waals surface area contributed by atoms with Gasteiger partial charge in [0.2, 0.25) is 5.95 Å². The molecule has 2 N–H and O–H groups in total. The smallest absolute Gasteiger partial charge is 0.203 e. The molecule has 6 nitrogen and oxygen atoms in total. The second-order valence-corrected chi connectivity index (χ2v) is 4.93. The molecule has 0 aliphatic heterocycles. The van der Waals surface area contributed by atoms with Crippen LogP contribution in [0.25, 0.3) is 11.2 Å². The van der Waals surface area contributed by atoms with Gasteiger partial charge in [-0.15, -0.1) is 0 Å². The zero-order valence-electron chi connectivity index (χ0n) is 11.0. The first-order chi connectivity index (χ1) is 7.88. The van der Waals surface area contributed by atoms with Gasteiger partial charge >= 0.3 is 0 Å². The average Bonchev–Trinajstić information content (AvgIpc) is 2.66. The molecule has 0 bridgehead atoms. The Morgan fingerprint density at radius 2 is 2.06 bits per heavy atom. The fourth-order valence-electron chi connectivity index (χ4n) is 2.30. The lowest BCUT2D eigenvalue weighted by Crippen LogP contribution is -2.33. The largest absolute Gasteiger partial charge is 0.382 e. The van der Waals surface area contributed by atoms with Gasteiger partial charge in [-0.3, -0.25) is 9.25 Å². The lowest BCUT2D eigenvalue weighted by Gasteiger charge is -2.27. The highest BCUT2D eigenvalue weighted by molar-refractivity contribution is 5.77. The number of ether oxygens (including phenoxy) is 1. The molecule has 0 fully saturated rings. The fraction of sp³-hybridized carbons (Fsp3) is 0.636. The minimum absolute atomic E-state index is 0.256. The van der Waals surface area contributed by atoms with Gasteiger partial charge in [0.25, 0.3) is 0 Å². The Kier molecular flexibility index (Phi) is 2.61. The molecule has 2 heterocycles. The molecular formula is C11H19N5O. The normalized spacial score (nSPS) is 12.5. The minimum Gasteiger partial charge on any atom is -0.382 e. The Balaban J connectivity index is 2.72. The van der Waals surface area contributed by atoms with Crippen molar-refractivity contribution in [3.8, 4) is 0 Å². The van der Waals surface area contributed by atoms with Gasteiger partial charge in [0.1, 0.15) is 5.52 Å². The van der Waals surface area contributed by atoms with E-state index in [-0.39, 0.29) is 5.54 Å². The predicted molar refractivity (Wildman–Crippen MR) is 66.8 cm³/mol. The zero-order chi connectivity index (χ0) is 12.8. The summed E-state index contributed by atoms with van der Waals surface area (Å²) in [6.07, 6.45) is 0. The van der Waals surface area contributed by atoms with Gasteiger partial charge in [-0.05, 0) is 20.8 Å². The number of anilines is 1. The molecule has 2 aromatic heterocycles. The van der Waals surface area contributed by atoms with E-state index in [0.29, 0.717) is 12.6 Å². The molecule has 0 aliphatic rings. The summed E-state index contributed by atoms with van der Waals surface area (Å²) in [5, 5.41) is 4.36. The fourth-order valence-corrected chi connectivity index (χ4v) is 2.30. The zero-order valence-corrected chi connectivity index (χ0v) is 11.0. The summed E-state index contributed by atoms with van der Waals surface area (Å²) >= 11 is 0. The first kappa shape index (κ1) is 11.9. The maximum absolute atomic E-state index is 6.01. The molecule has 0 aromatic carbocycles. The van der Waals surface area contributed by atoms with Crippen molar-refractivity contribution < 1.29 is 4.74 Å². The highest BCUT2D eigenvalue weighted by Gasteiger charge is 2.28. The Hall–Kier alpha value is -1.56. The van der Waals surface area contributed by atoms with E-state index in [0.717, 1.165) is 16.9 Å². The Morgan fingerprint density at radius 3 is 2.65 bits per heavy atom. The molecule has 0 spiro atoms. The van der Waals surface area contributed by atoms with Crippen LogP contribution in [-0.2, 0) is 17.3 Å². The second kappa shape index (κ2) is 3.73. The van der Waals surface area contributed by atoms with Gasteiger partial charge in [-0.25, -0.2) is 4.98 Å². The van der Waals surface area contributed by atoms with E-state index in [2.05, 4.69) is 23.9 Å². The molecule has 2 aromatic rings. The van der Waals surface area contributed by atoms with Crippen LogP contribution >= 0.6 is 0 Å². The lowest BCUT2D eigenvalue weighted by molar-refractivity contribution is 0.112. The number of aryl methyl sites for hydroxylation is 2. The number of nitrogen functional groups attached to an aromatic ring is 1. The standard InChI is InChI=1S/C11H19N5O/c1-7-8-9(15(4)14-7)16(10(12)13-8)11(2,3)6-17-5/h6H2,1-5H3,(H2,12,13). The summed E-state index contributed by atoms with van der Waals surface area (Å²) < 4.78 is 9.04. The van der Waals surface area contributed by atoms with E-state index in [9.17, 15) is 0 Å². The van der Waals surface area contributed by atoms with Crippen LogP contribution in [0.5, 0.6) is 0 Å². The molecule has 0 radical (unpaired) electrons. The van der Waals surface area contributed by atoms with E-state index in [1.807, 2.05) is 23.2 Å². The van der Waals surface area contributed by atoms with Gasteiger partial charge in [0.05, 0.1) is 17.8 Å². The van der Waals surface area contributed by atoms with Crippen LogP contribution < -0.4 is 5.73 Å². The first-order valence-electron chi connectivity index (χ1n) is 5.55. The molecule has 17 heavy (non-hydrogen) atoms. The molecule has 0 atom stereocenters. The molecule has 0 saturated heterocycles. The summed E-state index contributed by atoms with van der Waals surface area (Å²) in [5.74, 6) is 0.498. The van der Waals surface area contributed by atoms with Crippen LogP contribution in [0.15, 0.2) is 0 Å². The van der Waals surface area contributed by atoms with E-state index < -0.39 is 0 Å². The molecule has 0 aliphatic carbocycles. The molecule has 94 valence electrons. The third-order valence-electron chi connectivity index (χ3n) is 2.93. The van der Waals surface area contributed by atoms with Crippen molar-refractivity contribution in [2.45, 2.75) is 26.3 Å².